The molecule has 64 valence electrons. The second-order valence-electron chi connectivity index (χ2n) is 2.27. The highest BCUT2D eigenvalue weighted by molar-refractivity contribution is 7.14. The predicted octanol–water partition coefficient (Wildman–Crippen LogP) is 1.48. The van der Waals surface area contributed by atoms with E-state index >= 15 is 0 Å². The van der Waals surface area contributed by atoms with Crippen molar-refractivity contribution in [2.45, 2.75) is 6.92 Å². The van der Waals surface area contributed by atoms with E-state index in [9.17, 15) is 4.39 Å². The van der Waals surface area contributed by atoms with Gasteiger partial charge in [0.15, 0.2) is 0 Å². The van der Waals surface area contributed by atoms with E-state index in [1.54, 1.807) is 6.92 Å². The van der Waals surface area contributed by atoms with Crippen molar-refractivity contribution < 1.29 is 4.39 Å². The van der Waals surface area contributed by atoms with Gasteiger partial charge in [0.25, 0.3) is 0 Å². The van der Waals surface area contributed by atoms with E-state index < -0.39 is 5.82 Å². The van der Waals surface area contributed by atoms with Gasteiger partial charge in [-0.25, -0.2) is 4.39 Å². The van der Waals surface area contributed by atoms with Gasteiger partial charge < -0.3 is 11.1 Å². The Morgan fingerprint density at radius 2 is 2.25 bits per heavy atom. The van der Waals surface area contributed by atoms with Crippen LogP contribution in [0.25, 0.3) is 0 Å². The highest BCUT2D eigenvalue weighted by Gasteiger charge is 2.16. The van der Waals surface area contributed by atoms with Crippen LogP contribution in [-0.4, -0.2) is 12.1 Å². The van der Waals surface area contributed by atoms with E-state index in [-0.39, 0.29) is 11.4 Å². The first-order chi connectivity index (χ1) is 5.57. The van der Waals surface area contributed by atoms with Crippen molar-refractivity contribution in [1.29, 1.82) is 10.8 Å². The first-order valence-electron chi connectivity index (χ1n) is 3.21. The lowest BCUT2D eigenvalue weighted by molar-refractivity contribution is 0.623. The third kappa shape index (κ3) is 1.23. The van der Waals surface area contributed by atoms with Gasteiger partial charge in [-0.3, -0.25) is 5.41 Å². The molecule has 0 aliphatic heterocycles. The molecule has 0 spiro atoms. The minimum Gasteiger partial charge on any atom is -0.384 e. The maximum Gasteiger partial charge on any atom is 0.148 e. The van der Waals surface area contributed by atoms with Crippen molar-refractivity contribution >= 4 is 23.4 Å². The quantitative estimate of drug-likeness (QED) is 0.474. The van der Waals surface area contributed by atoms with Gasteiger partial charge in [0.05, 0.1) is 10.4 Å². The first kappa shape index (κ1) is 8.86. The summed E-state index contributed by atoms with van der Waals surface area (Å²) >= 11 is 1.13. The number of aryl methyl sites for hydroxylation is 1. The molecule has 1 aromatic heterocycles. The van der Waals surface area contributed by atoms with Crippen LogP contribution in [0.3, 0.4) is 0 Å². The summed E-state index contributed by atoms with van der Waals surface area (Å²) in [7, 11) is 0. The Labute approximate surface area is 73.0 Å². The van der Waals surface area contributed by atoms with Crippen LogP contribution in [0, 0.1) is 23.6 Å². The van der Waals surface area contributed by atoms with E-state index in [4.69, 9.17) is 16.6 Å². The normalized spacial score (nSPS) is 9.83. The highest BCUT2D eigenvalue weighted by atomic mass is 32.1. The third-order valence-electron chi connectivity index (χ3n) is 1.44. The van der Waals surface area contributed by atoms with Gasteiger partial charge in [-0.15, -0.1) is 11.3 Å². The summed E-state index contributed by atoms with van der Waals surface area (Å²) in [5, 5.41) is 14.0. The molecule has 0 fully saturated rings. The van der Waals surface area contributed by atoms with Crippen molar-refractivity contribution in [2.24, 2.45) is 5.73 Å². The SMILES string of the molecule is Cc1sc(C=N)c(C(=N)N)c1F. The number of hydrogen-bond donors (Lipinski definition) is 3. The van der Waals surface area contributed by atoms with Crippen LogP contribution in [0.5, 0.6) is 0 Å². The number of hydrogen-bond acceptors (Lipinski definition) is 3. The average Bonchev–Trinajstić information content (AvgIpc) is 2.28. The number of nitrogens with two attached hydrogens (primary N) is 1. The Morgan fingerprint density at radius 3 is 2.58 bits per heavy atom. The van der Waals surface area contributed by atoms with Gasteiger partial charge in [0, 0.05) is 11.1 Å². The lowest BCUT2D eigenvalue weighted by Crippen LogP contribution is -2.13. The summed E-state index contributed by atoms with van der Waals surface area (Å²) in [5.74, 6) is -0.804. The molecule has 0 aromatic carbocycles. The molecule has 1 heterocycles. The minimum absolute atomic E-state index is 0.0486. The largest absolute Gasteiger partial charge is 0.384 e. The molecule has 0 aliphatic rings. The molecule has 5 heteroatoms. The molecule has 0 amide bonds. The molecule has 0 saturated heterocycles. The summed E-state index contributed by atoms with van der Waals surface area (Å²) in [5.41, 5.74) is 5.20. The Balaban J connectivity index is 3.40. The zero-order valence-electron chi connectivity index (χ0n) is 6.44. The highest BCUT2D eigenvalue weighted by Crippen LogP contribution is 2.24. The Kier molecular flexibility index (Phi) is 2.23. The van der Waals surface area contributed by atoms with Crippen LogP contribution >= 0.6 is 11.3 Å². The molecule has 0 unspecified atom stereocenters. The number of nitrogens with one attached hydrogen (secondary N) is 2. The molecular formula is C7H8FN3S. The van der Waals surface area contributed by atoms with E-state index in [0.717, 1.165) is 17.6 Å². The van der Waals surface area contributed by atoms with Crippen LogP contribution in [0.4, 0.5) is 4.39 Å². The van der Waals surface area contributed by atoms with Crippen LogP contribution in [0.2, 0.25) is 0 Å². The fourth-order valence-electron chi connectivity index (χ4n) is 0.898. The van der Waals surface area contributed by atoms with E-state index in [1.807, 2.05) is 0 Å². The first-order valence-corrected chi connectivity index (χ1v) is 4.03. The van der Waals surface area contributed by atoms with Crippen molar-refractivity contribution in [3.8, 4) is 0 Å². The number of amidine groups is 1. The van der Waals surface area contributed by atoms with Gasteiger partial charge in [0.1, 0.15) is 11.7 Å². The molecule has 12 heavy (non-hydrogen) atoms. The summed E-state index contributed by atoms with van der Waals surface area (Å²) in [6.07, 6.45) is 1.01. The van der Waals surface area contributed by atoms with Crippen LogP contribution < -0.4 is 5.73 Å². The Hall–Kier alpha value is -1.23. The zero-order chi connectivity index (χ0) is 9.30. The smallest absolute Gasteiger partial charge is 0.148 e. The Bertz CT molecular complexity index is 343. The number of thiophene rings is 1. The zero-order valence-corrected chi connectivity index (χ0v) is 7.26. The molecular weight excluding hydrogens is 177 g/mol. The van der Waals surface area contributed by atoms with Crippen molar-refractivity contribution in [1.82, 2.24) is 0 Å². The second kappa shape index (κ2) is 3.02. The van der Waals surface area contributed by atoms with Gasteiger partial charge in [-0.1, -0.05) is 0 Å². The van der Waals surface area contributed by atoms with Crippen LogP contribution in [0.1, 0.15) is 15.3 Å². The standard InChI is InChI=1S/C7H8FN3S/c1-3-6(8)5(7(10)11)4(2-9)12-3/h2,9H,1H3,(H3,10,11). The van der Waals surface area contributed by atoms with Crippen LogP contribution in [-0.2, 0) is 0 Å². The maximum atomic E-state index is 13.1. The molecule has 1 rings (SSSR count). The van der Waals surface area contributed by atoms with E-state index in [0.29, 0.717) is 9.75 Å². The third-order valence-corrected chi connectivity index (χ3v) is 2.47. The molecule has 0 saturated carbocycles. The topological polar surface area (TPSA) is 73.7 Å². The van der Waals surface area contributed by atoms with E-state index in [2.05, 4.69) is 0 Å². The van der Waals surface area contributed by atoms with Gasteiger partial charge in [0.2, 0.25) is 0 Å². The maximum absolute atomic E-state index is 13.1. The molecule has 4 N–H and O–H groups in total. The minimum atomic E-state index is -0.481. The molecule has 3 nitrogen and oxygen atoms in total. The number of halogens is 1. The predicted molar refractivity (Wildman–Crippen MR) is 47.9 cm³/mol. The Morgan fingerprint density at radius 1 is 1.67 bits per heavy atom. The molecule has 1 aromatic rings. The van der Waals surface area contributed by atoms with Crippen molar-refractivity contribution in [2.75, 3.05) is 0 Å². The van der Waals surface area contributed by atoms with Gasteiger partial charge in [-0.05, 0) is 6.92 Å². The van der Waals surface area contributed by atoms with Gasteiger partial charge in [-0.2, -0.15) is 0 Å². The lowest BCUT2D eigenvalue weighted by Gasteiger charge is -1.94. The van der Waals surface area contributed by atoms with Crippen molar-refractivity contribution in [3.05, 3.63) is 21.1 Å². The molecule has 0 aliphatic carbocycles. The molecule has 0 bridgehead atoms. The average molecular weight is 185 g/mol. The summed E-state index contributed by atoms with van der Waals surface area (Å²) in [4.78, 5) is 0.858. The monoisotopic (exact) mass is 185 g/mol. The fraction of sp³-hybridized carbons (Fsp3) is 0.143. The lowest BCUT2D eigenvalue weighted by atomic mass is 10.2. The second-order valence-corrected chi connectivity index (χ2v) is 3.53. The van der Waals surface area contributed by atoms with Crippen LogP contribution in [0.15, 0.2) is 0 Å². The summed E-state index contributed by atoms with van der Waals surface area (Å²) in [6.45, 7) is 1.60. The summed E-state index contributed by atoms with van der Waals surface area (Å²) < 4.78 is 13.1. The van der Waals surface area contributed by atoms with E-state index in [1.165, 1.54) is 0 Å². The fourth-order valence-corrected chi connectivity index (χ4v) is 1.78. The van der Waals surface area contributed by atoms with Crippen molar-refractivity contribution in [3.63, 3.8) is 0 Å². The molecule has 0 atom stereocenters. The number of rotatable bonds is 2. The number of nitrogen functional groups attached to an aromatic ring is 1. The summed E-state index contributed by atoms with van der Waals surface area (Å²) in [6, 6.07) is 0. The van der Waals surface area contributed by atoms with Gasteiger partial charge >= 0.3 is 0 Å². The molecule has 0 radical (unpaired) electrons.